The Labute approximate surface area is 67.8 Å². The summed E-state index contributed by atoms with van der Waals surface area (Å²) < 4.78 is 0. The maximum Gasteiger partial charge on any atom is 0.236 e. The summed E-state index contributed by atoms with van der Waals surface area (Å²) in [4.78, 5) is 12.7. The quantitative estimate of drug-likeness (QED) is 0.627. The standard InChI is InChI=1S/C8H16N2O/c1-6-4-7(6)9-5-8(11)10(2)3/h6-7,9H,4-5H2,1-3H3. The summed E-state index contributed by atoms with van der Waals surface area (Å²) >= 11 is 0. The predicted octanol–water partition coefficient (Wildman–Crippen LogP) is 0.0726. The Bertz CT molecular complexity index is 156. The molecule has 0 spiro atoms. The first-order valence-electron chi connectivity index (χ1n) is 4.05. The molecule has 2 unspecified atom stereocenters. The van der Waals surface area contributed by atoms with Crippen LogP contribution in [-0.2, 0) is 4.79 Å². The monoisotopic (exact) mass is 156 g/mol. The Morgan fingerprint density at radius 3 is 2.55 bits per heavy atom. The van der Waals surface area contributed by atoms with Crippen LogP contribution in [0.5, 0.6) is 0 Å². The average molecular weight is 156 g/mol. The lowest BCUT2D eigenvalue weighted by atomic mass is 10.4. The van der Waals surface area contributed by atoms with Crippen LogP contribution in [0.3, 0.4) is 0 Å². The second-order valence-corrected chi connectivity index (χ2v) is 3.49. The van der Waals surface area contributed by atoms with Gasteiger partial charge in [-0.1, -0.05) is 6.92 Å². The minimum absolute atomic E-state index is 0.157. The summed E-state index contributed by atoms with van der Waals surface area (Å²) in [6.07, 6.45) is 1.22. The zero-order chi connectivity index (χ0) is 8.43. The van der Waals surface area contributed by atoms with Gasteiger partial charge >= 0.3 is 0 Å². The summed E-state index contributed by atoms with van der Waals surface area (Å²) in [7, 11) is 3.56. The summed E-state index contributed by atoms with van der Waals surface area (Å²) in [6, 6.07) is 0.596. The molecule has 1 aliphatic rings. The van der Waals surface area contributed by atoms with Crippen molar-refractivity contribution >= 4 is 5.91 Å². The van der Waals surface area contributed by atoms with E-state index in [0.29, 0.717) is 12.6 Å². The van der Waals surface area contributed by atoms with Crippen molar-refractivity contribution in [1.82, 2.24) is 10.2 Å². The van der Waals surface area contributed by atoms with Crippen LogP contribution in [-0.4, -0.2) is 37.5 Å². The molecule has 1 N–H and O–H groups in total. The normalized spacial score (nSPS) is 28.3. The number of nitrogens with one attached hydrogen (secondary N) is 1. The first kappa shape index (κ1) is 8.53. The molecule has 0 aliphatic heterocycles. The van der Waals surface area contributed by atoms with Gasteiger partial charge < -0.3 is 10.2 Å². The molecule has 3 heteroatoms. The van der Waals surface area contributed by atoms with E-state index >= 15 is 0 Å². The first-order chi connectivity index (χ1) is 5.11. The Kier molecular flexibility index (Phi) is 2.49. The third-order valence-electron chi connectivity index (χ3n) is 2.12. The van der Waals surface area contributed by atoms with Gasteiger partial charge in [0.15, 0.2) is 0 Å². The van der Waals surface area contributed by atoms with Crippen molar-refractivity contribution in [2.75, 3.05) is 20.6 Å². The lowest BCUT2D eigenvalue weighted by Gasteiger charge is -2.10. The van der Waals surface area contributed by atoms with Crippen LogP contribution < -0.4 is 5.32 Å². The van der Waals surface area contributed by atoms with E-state index in [4.69, 9.17) is 0 Å². The molecular formula is C8H16N2O. The second-order valence-electron chi connectivity index (χ2n) is 3.49. The van der Waals surface area contributed by atoms with Gasteiger partial charge in [-0.25, -0.2) is 0 Å². The van der Waals surface area contributed by atoms with Crippen molar-refractivity contribution in [3.8, 4) is 0 Å². The lowest BCUT2D eigenvalue weighted by molar-refractivity contribution is -0.127. The summed E-state index contributed by atoms with van der Waals surface area (Å²) in [5.74, 6) is 0.925. The summed E-state index contributed by atoms with van der Waals surface area (Å²) in [5, 5.41) is 3.20. The van der Waals surface area contributed by atoms with Crippen LogP contribution in [0.4, 0.5) is 0 Å². The zero-order valence-corrected chi connectivity index (χ0v) is 7.42. The molecule has 1 amide bonds. The predicted molar refractivity (Wildman–Crippen MR) is 44.3 cm³/mol. The van der Waals surface area contributed by atoms with E-state index in [-0.39, 0.29) is 5.91 Å². The molecule has 0 radical (unpaired) electrons. The number of likely N-dealkylation sites (N-methyl/N-ethyl adjacent to an activating group) is 1. The van der Waals surface area contributed by atoms with Gasteiger partial charge in [-0.05, 0) is 12.3 Å². The number of carbonyl (C=O) groups is 1. The van der Waals surface area contributed by atoms with Crippen molar-refractivity contribution in [2.24, 2.45) is 5.92 Å². The van der Waals surface area contributed by atoms with Crippen LogP contribution in [0.1, 0.15) is 13.3 Å². The fourth-order valence-corrected chi connectivity index (χ4v) is 0.983. The smallest absolute Gasteiger partial charge is 0.236 e. The van der Waals surface area contributed by atoms with E-state index in [1.54, 1.807) is 19.0 Å². The molecule has 0 aromatic rings. The number of rotatable bonds is 3. The fourth-order valence-electron chi connectivity index (χ4n) is 0.983. The fraction of sp³-hybridized carbons (Fsp3) is 0.875. The minimum atomic E-state index is 0.157. The highest BCUT2D eigenvalue weighted by atomic mass is 16.2. The maximum atomic E-state index is 11.0. The molecule has 1 aliphatic carbocycles. The molecular weight excluding hydrogens is 140 g/mol. The number of carbonyl (C=O) groups excluding carboxylic acids is 1. The van der Waals surface area contributed by atoms with Crippen LogP contribution in [0, 0.1) is 5.92 Å². The third-order valence-corrected chi connectivity index (χ3v) is 2.12. The van der Waals surface area contributed by atoms with Crippen LogP contribution >= 0.6 is 0 Å². The highest BCUT2D eigenvalue weighted by Gasteiger charge is 2.32. The Balaban J connectivity index is 2.07. The van der Waals surface area contributed by atoms with Crippen LogP contribution in [0.2, 0.25) is 0 Å². The number of amides is 1. The van der Waals surface area contributed by atoms with Gasteiger partial charge in [0, 0.05) is 20.1 Å². The van der Waals surface area contributed by atoms with E-state index in [0.717, 1.165) is 5.92 Å². The Morgan fingerprint density at radius 1 is 1.64 bits per heavy atom. The average Bonchev–Trinajstić information content (AvgIpc) is 2.61. The third kappa shape index (κ3) is 2.50. The number of nitrogens with zero attached hydrogens (tertiary/aromatic N) is 1. The SMILES string of the molecule is CC1CC1NCC(=O)N(C)C. The molecule has 0 saturated heterocycles. The van der Waals surface area contributed by atoms with E-state index in [1.807, 2.05) is 0 Å². The highest BCUT2D eigenvalue weighted by molar-refractivity contribution is 5.77. The number of hydrogen-bond donors (Lipinski definition) is 1. The van der Waals surface area contributed by atoms with E-state index in [2.05, 4.69) is 12.2 Å². The van der Waals surface area contributed by atoms with Gasteiger partial charge in [0.1, 0.15) is 0 Å². The van der Waals surface area contributed by atoms with Crippen molar-refractivity contribution in [1.29, 1.82) is 0 Å². The van der Waals surface area contributed by atoms with Gasteiger partial charge in [0.25, 0.3) is 0 Å². The molecule has 1 saturated carbocycles. The first-order valence-corrected chi connectivity index (χ1v) is 4.05. The summed E-state index contributed by atoms with van der Waals surface area (Å²) in [6.45, 7) is 2.68. The van der Waals surface area contributed by atoms with Crippen LogP contribution in [0.25, 0.3) is 0 Å². The van der Waals surface area contributed by atoms with Gasteiger partial charge in [0.05, 0.1) is 6.54 Å². The van der Waals surface area contributed by atoms with Gasteiger partial charge in [-0.2, -0.15) is 0 Å². The van der Waals surface area contributed by atoms with Crippen molar-refractivity contribution in [3.63, 3.8) is 0 Å². The second kappa shape index (κ2) is 3.22. The zero-order valence-electron chi connectivity index (χ0n) is 7.42. The molecule has 0 aromatic carbocycles. The Hall–Kier alpha value is -0.570. The summed E-state index contributed by atoms with van der Waals surface area (Å²) in [5.41, 5.74) is 0. The molecule has 1 fully saturated rings. The van der Waals surface area contributed by atoms with Gasteiger partial charge in [-0.3, -0.25) is 4.79 Å². The molecule has 64 valence electrons. The van der Waals surface area contributed by atoms with E-state index < -0.39 is 0 Å². The molecule has 0 aromatic heterocycles. The number of hydrogen-bond acceptors (Lipinski definition) is 2. The van der Waals surface area contributed by atoms with Crippen molar-refractivity contribution < 1.29 is 4.79 Å². The molecule has 0 bridgehead atoms. The lowest BCUT2D eigenvalue weighted by Crippen LogP contribution is -2.34. The minimum Gasteiger partial charge on any atom is -0.348 e. The largest absolute Gasteiger partial charge is 0.348 e. The van der Waals surface area contributed by atoms with Crippen molar-refractivity contribution in [3.05, 3.63) is 0 Å². The Morgan fingerprint density at radius 2 is 2.18 bits per heavy atom. The molecule has 1 rings (SSSR count). The van der Waals surface area contributed by atoms with Crippen molar-refractivity contribution in [2.45, 2.75) is 19.4 Å². The molecule has 11 heavy (non-hydrogen) atoms. The maximum absolute atomic E-state index is 11.0. The molecule has 0 heterocycles. The van der Waals surface area contributed by atoms with Gasteiger partial charge in [-0.15, -0.1) is 0 Å². The van der Waals surface area contributed by atoms with E-state index in [9.17, 15) is 4.79 Å². The highest BCUT2D eigenvalue weighted by Crippen LogP contribution is 2.28. The van der Waals surface area contributed by atoms with Gasteiger partial charge in [0.2, 0.25) is 5.91 Å². The van der Waals surface area contributed by atoms with E-state index in [1.165, 1.54) is 6.42 Å². The topological polar surface area (TPSA) is 32.3 Å². The van der Waals surface area contributed by atoms with Crippen LogP contribution in [0.15, 0.2) is 0 Å². The molecule has 2 atom stereocenters. The molecule has 3 nitrogen and oxygen atoms in total.